The summed E-state index contributed by atoms with van der Waals surface area (Å²) in [5, 5.41) is 6.33. The largest absolute Gasteiger partial charge is 0.467 e. The molecule has 4 rings (SSSR count). The van der Waals surface area contributed by atoms with Crippen LogP contribution in [-0.2, 0) is 6.54 Å². The minimum absolute atomic E-state index is 0.0333. The number of rotatable bonds is 4. The summed E-state index contributed by atoms with van der Waals surface area (Å²) >= 11 is 7.40. The highest BCUT2D eigenvalue weighted by Crippen LogP contribution is 2.42. The molecule has 4 heterocycles. The third-order valence-corrected chi connectivity index (χ3v) is 5.72. The van der Waals surface area contributed by atoms with Crippen molar-refractivity contribution in [3.8, 4) is 0 Å². The normalized spacial score (nSPS) is 20.4. The van der Waals surface area contributed by atoms with Crippen molar-refractivity contribution >= 4 is 28.7 Å². The van der Waals surface area contributed by atoms with E-state index in [0.717, 1.165) is 16.6 Å². The Morgan fingerprint density at radius 1 is 1.29 bits per heavy atom. The lowest BCUT2D eigenvalue weighted by Crippen LogP contribution is -2.28. The second kappa shape index (κ2) is 6.37. The average Bonchev–Trinajstić information content (AvgIpc) is 3.31. The maximum absolute atomic E-state index is 5.63. The molecule has 1 N–H and O–H groups in total. The molecule has 1 aliphatic heterocycles. The first-order valence-corrected chi connectivity index (χ1v) is 9.07. The number of nitrogens with zero attached hydrogens (tertiary/aromatic N) is 2. The molecule has 0 bridgehead atoms. The third-order valence-electron chi connectivity index (χ3n) is 4.27. The van der Waals surface area contributed by atoms with E-state index in [4.69, 9.17) is 16.6 Å². The maximum atomic E-state index is 5.63. The number of hydrogen-bond donors (Lipinski definition) is 1. The monoisotopic (exact) mass is 355 g/mol. The van der Waals surface area contributed by atoms with E-state index >= 15 is 0 Å². The summed E-state index contributed by atoms with van der Waals surface area (Å²) in [6.07, 6.45) is 3.52. The minimum atomic E-state index is 0.0333. The summed E-state index contributed by atoms with van der Waals surface area (Å²) in [5.74, 6) is 0.903. The Kier molecular flexibility index (Phi) is 4.08. The standard InChI is InChI=1S/C18H17N3OS2/c1-12-7-10-24-17(12)16-15(14-6-2-3-8-19-14)20-18(23)21(16)11-13-5-4-9-22-13/h2-10,15-16H,11H2,1H3,(H,20,23)/t15-,16-/m1/s1. The zero-order valence-corrected chi connectivity index (χ0v) is 14.8. The molecule has 2 atom stereocenters. The number of nitrogens with one attached hydrogen (secondary N) is 1. The van der Waals surface area contributed by atoms with E-state index in [1.807, 2.05) is 36.5 Å². The molecule has 1 fully saturated rings. The topological polar surface area (TPSA) is 41.3 Å². The van der Waals surface area contributed by atoms with Gasteiger partial charge in [-0.15, -0.1) is 11.3 Å². The number of furan rings is 1. The lowest BCUT2D eigenvalue weighted by molar-refractivity contribution is 0.290. The van der Waals surface area contributed by atoms with Crippen molar-refractivity contribution in [2.75, 3.05) is 0 Å². The van der Waals surface area contributed by atoms with E-state index in [2.05, 4.69) is 33.6 Å². The lowest BCUT2D eigenvalue weighted by atomic mass is 10.0. The quantitative estimate of drug-likeness (QED) is 0.710. The summed E-state index contributed by atoms with van der Waals surface area (Å²) in [4.78, 5) is 8.06. The van der Waals surface area contributed by atoms with Gasteiger partial charge in [-0.1, -0.05) is 6.07 Å². The van der Waals surface area contributed by atoms with E-state index in [1.54, 1.807) is 17.6 Å². The van der Waals surface area contributed by atoms with Crippen molar-refractivity contribution in [2.45, 2.75) is 25.6 Å². The van der Waals surface area contributed by atoms with Gasteiger partial charge in [-0.05, 0) is 60.4 Å². The van der Waals surface area contributed by atoms with Gasteiger partial charge in [-0.3, -0.25) is 4.98 Å². The van der Waals surface area contributed by atoms with Crippen LogP contribution >= 0.6 is 23.6 Å². The Morgan fingerprint density at radius 3 is 2.88 bits per heavy atom. The van der Waals surface area contributed by atoms with Crippen molar-refractivity contribution in [3.05, 3.63) is 76.1 Å². The van der Waals surface area contributed by atoms with Crippen molar-refractivity contribution in [3.63, 3.8) is 0 Å². The number of thiocarbonyl (C=S) groups is 1. The van der Waals surface area contributed by atoms with Crippen molar-refractivity contribution in [2.24, 2.45) is 0 Å². The second-order valence-corrected chi connectivity index (χ2v) is 7.14. The van der Waals surface area contributed by atoms with Crippen LogP contribution in [0.25, 0.3) is 0 Å². The fourth-order valence-electron chi connectivity index (χ4n) is 3.12. The van der Waals surface area contributed by atoms with Gasteiger partial charge in [0.1, 0.15) is 5.76 Å². The summed E-state index contributed by atoms with van der Waals surface area (Å²) < 4.78 is 5.54. The molecule has 0 saturated carbocycles. The Labute approximate surface area is 150 Å². The first-order valence-electron chi connectivity index (χ1n) is 7.78. The molecule has 0 unspecified atom stereocenters. The van der Waals surface area contributed by atoms with Gasteiger partial charge in [-0.2, -0.15) is 0 Å². The van der Waals surface area contributed by atoms with E-state index in [0.29, 0.717) is 6.54 Å². The predicted octanol–water partition coefficient (Wildman–Crippen LogP) is 4.22. The van der Waals surface area contributed by atoms with Crippen molar-refractivity contribution in [1.82, 2.24) is 15.2 Å². The molecule has 3 aromatic heterocycles. The van der Waals surface area contributed by atoms with Gasteiger partial charge in [0, 0.05) is 11.1 Å². The first-order chi connectivity index (χ1) is 11.7. The molecule has 0 aromatic carbocycles. The second-order valence-electron chi connectivity index (χ2n) is 5.80. The van der Waals surface area contributed by atoms with Crippen LogP contribution in [0.5, 0.6) is 0 Å². The average molecular weight is 355 g/mol. The first kappa shape index (κ1) is 15.4. The van der Waals surface area contributed by atoms with Crippen LogP contribution in [0.1, 0.15) is 34.0 Å². The molecule has 4 nitrogen and oxygen atoms in total. The highest BCUT2D eigenvalue weighted by molar-refractivity contribution is 7.80. The minimum Gasteiger partial charge on any atom is -0.467 e. The van der Waals surface area contributed by atoms with Gasteiger partial charge in [0.05, 0.1) is 30.6 Å². The Bertz CT molecular complexity index is 829. The van der Waals surface area contributed by atoms with Crippen LogP contribution in [0, 0.1) is 6.92 Å². The highest BCUT2D eigenvalue weighted by Gasteiger charge is 2.41. The number of thiophene rings is 1. The van der Waals surface area contributed by atoms with Crippen molar-refractivity contribution < 1.29 is 4.42 Å². The van der Waals surface area contributed by atoms with Crippen molar-refractivity contribution in [1.29, 1.82) is 0 Å². The van der Waals surface area contributed by atoms with E-state index in [9.17, 15) is 0 Å². The van der Waals surface area contributed by atoms with Crippen LogP contribution in [0.2, 0.25) is 0 Å². The van der Waals surface area contributed by atoms with Crippen LogP contribution in [0.15, 0.2) is 58.7 Å². The van der Waals surface area contributed by atoms with Crippen LogP contribution in [0.4, 0.5) is 0 Å². The molecule has 0 aliphatic carbocycles. The predicted molar refractivity (Wildman–Crippen MR) is 98.8 cm³/mol. The molecular formula is C18H17N3OS2. The maximum Gasteiger partial charge on any atom is 0.170 e. The number of aryl methyl sites for hydroxylation is 1. The smallest absolute Gasteiger partial charge is 0.170 e. The van der Waals surface area contributed by atoms with Gasteiger partial charge in [0.2, 0.25) is 0 Å². The molecule has 0 amide bonds. The van der Waals surface area contributed by atoms with Gasteiger partial charge in [0.25, 0.3) is 0 Å². The molecular weight excluding hydrogens is 338 g/mol. The molecule has 0 spiro atoms. The number of pyridine rings is 1. The third kappa shape index (κ3) is 2.72. The summed E-state index contributed by atoms with van der Waals surface area (Å²) in [6.45, 7) is 2.79. The van der Waals surface area contributed by atoms with Gasteiger partial charge in [-0.25, -0.2) is 0 Å². The van der Waals surface area contributed by atoms with E-state index < -0.39 is 0 Å². The summed E-state index contributed by atoms with van der Waals surface area (Å²) in [6, 6.07) is 12.2. The van der Waals surface area contributed by atoms with Crippen LogP contribution < -0.4 is 5.32 Å². The van der Waals surface area contributed by atoms with Crippen LogP contribution in [-0.4, -0.2) is 15.0 Å². The molecule has 1 saturated heterocycles. The Balaban J connectivity index is 1.75. The fraction of sp³-hybridized carbons (Fsp3) is 0.222. The van der Waals surface area contributed by atoms with Gasteiger partial charge >= 0.3 is 0 Å². The molecule has 3 aromatic rings. The van der Waals surface area contributed by atoms with Crippen LogP contribution in [0.3, 0.4) is 0 Å². The van der Waals surface area contributed by atoms with Gasteiger partial charge < -0.3 is 14.6 Å². The molecule has 0 radical (unpaired) electrons. The molecule has 6 heteroatoms. The molecule has 122 valence electrons. The zero-order valence-electron chi connectivity index (χ0n) is 13.2. The van der Waals surface area contributed by atoms with E-state index in [-0.39, 0.29) is 12.1 Å². The number of hydrogen-bond acceptors (Lipinski definition) is 4. The lowest BCUT2D eigenvalue weighted by Gasteiger charge is -2.26. The molecule has 1 aliphatic rings. The summed E-state index contributed by atoms with van der Waals surface area (Å²) in [7, 11) is 0. The number of aromatic nitrogens is 1. The zero-order chi connectivity index (χ0) is 16.5. The van der Waals surface area contributed by atoms with E-state index in [1.165, 1.54) is 10.4 Å². The molecule has 24 heavy (non-hydrogen) atoms. The Hall–Kier alpha value is -2.18. The summed E-state index contributed by atoms with van der Waals surface area (Å²) in [5.41, 5.74) is 2.28. The Morgan fingerprint density at radius 2 is 2.21 bits per heavy atom. The van der Waals surface area contributed by atoms with Gasteiger partial charge in [0.15, 0.2) is 5.11 Å². The SMILES string of the molecule is Cc1ccsc1[C@H]1[C@@H](c2ccccn2)NC(=S)N1Cc1ccco1. The highest BCUT2D eigenvalue weighted by atomic mass is 32.1. The fourth-order valence-corrected chi connectivity index (χ4v) is 4.50.